The van der Waals surface area contributed by atoms with Crippen LogP contribution in [-0.2, 0) is 4.79 Å². The zero-order chi connectivity index (χ0) is 12.5. The molecule has 0 spiro atoms. The number of nitrogens with zero attached hydrogens (tertiary/aromatic N) is 2. The van der Waals surface area contributed by atoms with Crippen LogP contribution in [0.4, 0.5) is 5.82 Å². The predicted octanol–water partition coefficient (Wildman–Crippen LogP) is 1.98. The molecule has 0 aromatic carbocycles. The fourth-order valence-corrected chi connectivity index (χ4v) is 2.64. The Morgan fingerprint density at radius 2 is 2.28 bits per heavy atom. The molecule has 2 aliphatic rings. The Morgan fingerprint density at radius 1 is 1.44 bits per heavy atom. The number of pyridine rings is 1. The first-order valence-corrected chi connectivity index (χ1v) is 6.81. The molecule has 1 aromatic rings. The minimum Gasteiger partial charge on any atom is -0.352 e. The molecule has 1 aliphatic carbocycles. The zero-order valence-corrected chi connectivity index (χ0v) is 10.9. The number of carbonyl (C=O) groups excluding carboxylic acids is 1. The molecule has 3 rings (SSSR count). The summed E-state index contributed by atoms with van der Waals surface area (Å²) < 4.78 is 0. The minimum atomic E-state index is -0.113. The van der Waals surface area contributed by atoms with Crippen LogP contribution in [0.2, 0.25) is 5.02 Å². The molecule has 0 radical (unpaired) electrons. The molecule has 1 atom stereocenters. The standard InChI is InChI=1S/C13H16ClN3O/c14-10-3-1-7-15-12(10)17-8-2-4-11(17)13(18)16-9-5-6-9/h1,3,7,9,11H,2,4-6,8H2,(H,16,18)/t11-/m0/s1. The number of rotatable bonds is 3. The Balaban J connectivity index is 1.78. The highest BCUT2D eigenvalue weighted by atomic mass is 35.5. The number of hydrogen-bond acceptors (Lipinski definition) is 3. The van der Waals surface area contributed by atoms with Crippen molar-refractivity contribution in [1.82, 2.24) is 10.3 Å². The first-order valence-electron chi connectivity index (χ1n) is 6.43. The van der Waals surface area contributed by atoms with Crippen LogP contribution in [0.15, 0.2) is 18.3 Å². The number of amides is 1. The molecule has 1 aromatic heterocycles. The van der Waals surface area contributed by atoms with Gasteiger partial charge in [-0.3, -0.25) is 4.79 Å². The van der Waals surface area contributed by atoms with E-state index in [0.29, 0.717) is 11.1 Å². The highest BCUT2D eigenvalue weighted by Crippen LogP contribution is 2.30. The van der Waals surface area contributed by atoms with Crippen molar-refractivity contribution >= 4 is 23.3 Å². The molecule has 4 nitrogen and oxygen atoms in total. The SMILES string of the molecule is O=C(NC1CC1)[C@@H]1CCCN1c1ncccc1Cl. The summed E-state index contributed by atoms with van der Waals surface area (Å²) in [5, 5.41) is 3.68. The summed E-state index contributed by atoms with van der Waals surface area (Å²) in [6, 6.07) is 3.91. The summed E-state index contributed by atoms with van der Waals surface area (Å²) in [5.41, 5.74) is 0. The molecule has 0 unspecified atom stereocenters. The fraction of sp³-hybridized carbons (Fsp3) is 0.538. The third kappa shape index (κ3) is 2.29. The highest BCUT2D eigenvalue weighted by Gasteiger charge is 2.35. The van der Waals surface area contributed by atoms with Crippen molar-refractivity contribution in [3.05, 3.63) is 23.4 Å². The molecule has 1 aliphatic heterocycles. The smallest absolute Gasteiger partial charge is 0.242 e. The van der Waals surface area contributed by atoms with Gasteiger partial charge in [-0.2, -0.15) is 0 Å². The van der Waals surface area contributed by atoms with Crippen molar-refractivity contribution in [2.75, 3.05) is 11.4 Å². The molecule has 5 heteroatoms. The molecule has 1 saturated carbocycles. The van der Waals surface area contributed by atoms with Crippen molar-refractivity contribution < 1.29 is 4.79 Å². The van der Waals surface area contributed by atoms with Crippen molar-refractivity contribution in [1.29, 1.82) is 0 Å². The van der Waals surface area contributed by atoms with Gasteiger partial charge in [0.2, 0.25) is 5.91 Å². The Hall–Kier alpha value is -1.29. The summed E-state index contributed by atoms with van der Waals surface area (Å²) in [6.07, 6.45) is 5.84. The van der Waals surface area contributed by atoms with Gasteiger partial charge in [-0.25, -0.2) is 4.98 Å². The Kier molecular flexibility index (Phi) is 3.12. The number of halogens is 1. The van der Waals surface area contributed by atoms with Gasteiger partial charge in [0.25, 0.3) is 0 Å². The second-order valence-electron chi connectivity index (χ2n) is 4.94. The third-order valence-corrected chi connectivity index (χ3v) is 3.79. The fourth-order valence-electron chi connectivity index (χ4n) is 2.41. The summed E-state index contributed by atoms with van der Waals surface area (Å²) >= 11 is 6.16. The number of hydrogen-bond donors (Lipinski definition) is 1. The van der Waals surface area contributed by atoms with E-state index in [0.717, 1.165) is 38.0 Å². The molecular weight excluding hydrogens is 250 g/mol. The van der Waals surface area contributed by atoms with Crippen molar-refractivity contribution in [2.45, 2.75) is 37.8 Å². The van der Waals surface area contributed by atoms with Crippen LogP contribution >= 0.6 is 11.6 Å². The van der Waals surface area contributed by atoms with E-state index in [1.807, 2.05) is 11.0 Å². The van der Waals surface area contributed by atoms with E-state index in [9.17, 15) is 4.79 Å². The first-order chi connectivity index (χ1) is 8.75. The van der Waals surface area contributed by atoms with Crippen LogP contribution in [0.3, 0.4) is 0 Å². The monoisotopic (exact) mass is 265 g/mol. The van der Waals surface area contributed by atoms with Crippen LogP contribution in [0.5, 0.6) is 0 Å². The Morgan fingerprint density at radius 3 is 3.00 bits per heavy atom. The van der Waals surface area contributed by atoms with E-state index in [-0.39, 0.29) is 11.9 Å². The van der Waals surface area contributed by atoms with E-state index >= 15 is 0 Å². The molecule has 1 saturated heterocycles. The molecule has 18 heavy (non-hydrogen) atoms. The van der Waals surface area contributed by atoms with E-state index in [4.69, 9.17) is 11.6 Å². The summed E-state index contributed by atoms with van der Waals surface area (Å²) in [7, 11) is 0. The van der Waals surface area contributed by atoms with Gasteiger partial charge in [-0.15, -0.1) is 0 Å². The second-order valence-corrected chi connectivity index (χ2v) is 5.35. The maximum Gasteiger partial charge on any atom is 0.242 e. The molecule has 2 fully saturated rings. The van der Waals surface area contributed by atoms with E-state index < -0.39 is 0 Å². The largest absolute Gasteiger partial charge is 0.352 e. The quantitative estimate of drug-likeness (QED) is 0.909. The Bertz CT molecular complexity index is 461. The molecule has 0 bridgehead atoms. The summed E-state index contributed by atoms with van der Waals surface area (Å²) in [6.45, 7) is 0.847. The normalized spacial score (nSPS) is 23.2. The lowest BCUT2D eigenvalue weighted by Crippen LogP contribution is -2.44. The number of anilines is 1. The zero-order valence-electron chi connectivity index (χ0n) is 10.1. The van der Waals surface area contributed by atoms with Crippen molar-refractivity contribution in [3.8, 4) is 0 Å². The molecular formula is C13H16ClN3O. The van der Waals surface area contributed by atoms with Gasteiger partial charge in [-0.1, -0.05) is 11.6 Å². The molecule has 96 valence electrons. The number of aromatic nitrogens is 1. The highest BCUT2D eigenvalue weighted by molar-refractivity contribution is 6.33. The first kappa shape index (κ1) is 11.8. The van der Waals surface area contributed by atoms with Gasteiger partial charge in [0.1, 0.15) is 11.9 Å². The summed E-state index contributed by atoms with van der Waals surface area (Å²) in [4.78, 5) is 18.5. The van der Waals surface area contributed by atoms with Crippen molar-refractivity contribution in [3.63, 3.8) is 0 Å². The summed E-state index contributed by atoms with van der Waals surface area (Å²) in [5.74, 6) is 0.851. The Labute approximate surface area is 111 Å². The van der Waals surface area contributed by atoms with E-state index in [1.54, 1.807) is 12.3 Å². The van der Waals surface area contributed by atoms with Gasteiger partial charge in [0, 0.05) is 18.8 Å². The lowest BCUT2D eigenvalue weighted by atomic mass is 10.2. The second kappa shape index (κ2) is 4.76. The lowest BCUT2D eigenvalue weighted by molar-refractivity contribution is -0.122. The van der Waals surface area contributed by atoms with Crippen LogP contribution in [0.1, 0.15) is 25.7 Å². The van der Waals surface area contributed by atoms with Crippen LogP contribution < -0.4 is 10.2 Å². The van der Waals surface area contributed by atoms with Gasteiger partial charge < -0.3 is 10.2 Å². The topological polar surface area (TPSA) is 45.2 Å². The molecule has 1 N–H and O–H groups in total. The van der Waals surface area contributed by atoms with Gasteiger partial charge in [0.05, 0.1) is 5.02 Å². The minimum absolute atomic E-state index is 0.113. The molecule has 1 amide bonds. The number of carbonyl (C=O) groups is 1. The van der Waals surface area contributed by atoms with Crippen LogP contribution in [-0.4, -0.2) is 29.5 Å². The average Bonchev–Trinajstić information content (AvgIpc) is 3.04. The van der Waals surface area contributed by atoms with Crippen LogP contribution in [0.25, 0.3) is 0 Å². The van der Waals surface area contributed by atoms with Crippen LogP contribution in [0, 0.1) is 0 Å². The van der Waals surface area contributed by atoms with E-state index in [2.05, 4.69) is 10.3 Å². The van der Waals surface area contributed by atoms with Gasteiger partial charge >= 0.3 is 0 Å². The third-order valence-electron chi connectivity index (χ3n) is 3.49. The van der Waals surface area contributed by atoms with Gasteiger partial charge in [0.15, 0.2) is 0 Å². The van der Waals surface area contributed by atoms with E-state index in [1.165, 1.54) is 0 Å². The van der Waals surface area contributed by atoms with Gasteiger partial charge in [-0.05, 0) is 37.8 Å². The molecule has 2 heterocycles. The maximum absolute atomic E-state index is 12.2. The average molecular weight is 266 g/mol. The maximum atomic E-state index is 12.2. The van der Waals surface area contributed by atoms with Crippen molar-refractivity contribution in [2.24, 2.45) is 0 Å². The predicted molar refractivity (Wildman–Crippen MR) is 70.8 cm³/mol. The number of nitrogens with one attached hydrogen (secondary N) is 1. The lowest BCUT2D eigenvalue weighted by Gasteiger charge is -2.25.